The van der Waals surface area contributed by atoms with Gasteiger partial charge in [-0.05, 0) is 48.2 Å². The van der Waals surface area contributed by atoms with E-state index in [9.17, 15) is 13.6 Å². The Balaban J connectivity index is 1.69. The van der Waals surface area contributed by atoms with Gasteiger partial charge in [-0.25, -0.2) is 0 Å². The molecule has 0 aromatic heterocycles. The topological polar surface area (TPSA) is 50.8 Å². The first kappa shape index (κ1) is 18.9. The average Bonchev–Trinajstić information content (AvgIpc) is 2.65. The zero-order valence-electron chi connectivity index (χ0n) is 15.3. The van der Waals surface area contributed by atoms with Crippen LogP contribution in [0.1, 0.15) is 27.9 Å². The predicted molar refractivity (Wildman–Crippen MR) is 98.8 cm³/mol. The maximum atomic E-state index is 12.5. The molecule has 0 saturated heterocycles. The Morgan fingerprint density at radius 3 is 2.78 bits per heavy atom. The van der Waals surface area contributed by atoms with Crippen LogP contribution >= 0.6 is 0 Å². The zero-order valence-corrected chi connectivity index (χ0v) is 15.3. The minimum Gasteiger partial charge on any atom is -0.493 e. The smallest absolute Gasteiger partial charge is 0.387 e. The third-order valence-electron chi connectivity index (χ3n) is 4.59. The van der Waals surface area contributed by atoms with Crippen molar-refractivity contribution < 1.29 is 23.0 Å². The van der Waals surface area contributed by atoms with Gasteiger partial charge in [0.25, 0.3) is 5.91 Å². The average molecular weight is 376 g/mol. The fourth-order valence-electron chi connectivity index (χ4n) is 3.24. The number of hydrogen-bond acceptors (Lipinski definition) is 4. The summed E-state index contributed by atoms with van der Waals surface area (Å²) < 4.78 is 34.4. The van der Waals surface area contributed by atoms with E-state index < -0.39 is 6.61 Å². The molecule has 0 aliphatic carbocycles. The lowest BCUT2D eigenvalue weighted by Gasteiger charge is -2.27. The monoisotopic (exact) mass is 376 g/mol. The number of rotatable bonds is 6. The zero-order chi connectivity index (χ0) is 19.4. The van der Waals surface area contributed by atoms with Gasteiger partial charge in [0.2, 0.25) is 0 Å². The van der Waals surface area contributed by atoms with Gasteiger partial charge < -0.3 is 19.7 Å². The maximum Gasteiger partial charge on any atom is 0.387 e. The Bertz CT molecular complexity index is 827. The first-order chi connectivity index (χ1) is 13.0. The molecule has 1 aliphatic rings. The van der Waals surface area contributed by atoms with Crippen LogP contribution in [0.2, 0.25) is 0 Å². The summed E-state index contributed by atoms with van der Waals surface area (Å²) in [6.45, 7) is -1.60. The summed E-state index contributed by atoms with van der Waals surface area (Å²) in [4.78, 5) is 14.6. The van der Waals surface area contributed by atoms with E-state index in [2.05, 4.69) is 34.1 Å². The molecule has 0 unspecified atom stereocenters. The van der Waals surface area contributed by atoms with Crippen molar-refractivity contribution in [3.05, 3.63) is 53.1 Å². The third kappa shape index (κ3) is 4.48. The molecular weight excluding hydrogens is 354 g/mol. The molecule has 7 heteroatoms. The summed E-state index contributed by atoms with van der Waals surface area (Å²) in [6.07, 6.45) is 2.13. The number of anilines is 1. The molecule has 1 aliphatic heterocycles. The Morgan fingerprint density at radius 2 is 2.04 bits per heavy atom. The summed E-state index contributed by atoms with van der Waals surface area (Å²) in [7, 11) is 3.42. The van der Waals surface area contributed by atoms with Crippen LogP contribution in [0.3, 0.4) is 0 Å². The van der Waals surface area contributed by atoms with Gasteiger partial charge in [-0.2, -0.15) is 8.78 Å². The standard InChI is InChI=1S/C20H22F2N2O3/c1-24-9-3-4-14-10-13(5-7-16(14)24)12-23-19(25)15-6-8-17(26-2)18(11-15)27-20(21)22/h5-8,10-11,20H,3-4,9,12H2,1-2H3,(H,23,25). The first-order valence-corrected chi connectivity index (χ1v) is 8.72. The molecule has 0 fully saturated rings. The minimum atomic E-state index is -2.99. The van der Waals surface area contributed by atoms with Gasteiger partial charge in [-0.15, -0.1) is 0 Å². The lowest BCUT2D eigenvalue weighted by Crippen LogP contribution is -2.25. The SMILES string of the molecule is COc1ccc(C(=O)NCc2ccc3c(c2)CCCN3C)cc1OC(F)F. The molecule has 144 valence electrons. The molecule has 3 rings (SSSR count). The van der Waals surface area contributed by atoms with E-state index in [0.717, 1.165) is 24.9 Å². The Labute approximate surface area is 156 Å². The number of methoxy groups -OCH3 is 1. The van der Waals surface area contributed by atoms with Gasteiger partial charge >= 0.3 is 6.61 Å². The first-order valence-electron chi connectivity index (χ1n) is 8.72. The number of fused-ring (bicyclic) bond motifs is 1. The third-order valence-corrected chi connectivity index (χ3v) is 4.59. The molecule has 1 heterocycles. The number of carbonyl (C=O) groups excluding carboxylic acids is 1. The van der Waals surface area contributed by atoms with Gasteiger partial charge in [0.15, 0.2) is 11.5 Å². The van der Waals surface area contributed by atoms with E-state index in [4.69, 9.17) is 4.74 Å². The van der Waals surface area contributed by atoms with Gasteiger partial charge in [0.1, 0.15) is 0 Å². The molecule has 0 atom stereocenters. The molecule has 1 amide bonds. The van der Waals surface area contributed by atoms with Crippen LogP contribution in [0, 0.1) is 0 Å². The molecule has 5 nitrogen and oxygen atoms in total. The number of benzene rings is 2. The Kier molecular flexibility index (Phi) is 5.78. The fraction of sp³-hybridized carbons (Fsp3) is 0.350. The highest BCUT2D eigenvalue weighted by atomic mass is 19.3. The quantitative estimate of drug-likeness (QED) is 0.837. The lowest BCUT2D eigenvalue weighted by atomic mass is 9.99. The minimum absolute atomic E-state index is 0.144. The van der Waals surface area contributed by atoms with Gasteiger partial charge in [-0.1, -0.05) is 12.1 Å². The number of aryl methyl sites for hydroxylation is 1. The highest BCUT2D eigenvalue weighted by Gasteiger charge is 2.16. The number of halogens is 2. The highest BCUT2D eigenvalue weighted by molar-refractivity contribution is 5.94. The van der Waals surface area contributed by atoms with Crippen molar-refractivity contribution >= 4 is 11.6 Å². The second-order valence-corrected chi connectivity index (χ2v) is 6.41. The fourth-order valence-corrected chi connectivity index (χ4v) is 3.24. The van der Waals surface area contributed by atoms with Crippen LogP contribution in [0.4, 0.5) is 14.5 Å². The number of nitrogens with one attached hydrogen (secondary N) is 1. The summed E-state index contributed by atoms with van der Waals surface area (Å²) in [5, 5.41) is 2.81. The van der Waals surface area contributed by atoms with Crippen molar-refractivity contribution in [2.24, 2.45) is 0 Å². The normalized spacial score (nSPS) is 13.3. The van der Waals surface area contributed by atoms with E-state index >= 15 is 0 Å². The number of nitrogens with zero attached hydrogens (tertiary/aromatic N) is 1. The molecule has 0 bridgehead atoms. The molecule has 0 radical (unpaired) electrons. The number of amides is 1. The molecule has 27 heavy (non-hydrogen) atoms. The van der Waals surface area contributed by atoms with Crippen LogP contribution in [-0.2, 0) is 13.0 Å². The molecule has 0 spiro atoms. The number of alkyl halides is 2. The largest absolute Gasteiger partial charge is 0.493 e. The summed E-state index contributed by atoms with van der Waals surface area (Å²) in [6, 6.07) is 10.3. The second kappa shape index (κ2) is 8.24. The van der Waals surface area contributed by atoms with Crippen LogP contribution in [0.25, 0.3) is 0 Å². The summed E-state index contributed by atoms with van der Waals surface area (Å²) >= 11 is 0. The molecule has 1 N–H and O–H groups in total. The van der Waals surface area contributed by atoms with Crippen LogP contribution in [0.5, 0.6) is 11.5 Å². The van der Waals surface area contributed by atoms with Crippen molar-refractivity contribution in [1.29, 1.82) is 0 Å². The van der Waals surface area contributed by atoms with Gasteiger partial charge in [0, 0.05) is 31.4 Å². The number of carbonyl (C=O) groups is 1. The Morgan fingerprint density at radius 1 is 1.22 bits per heavy atom. The summed E-state index contributed by atoms with van der Waals surface area (Å²) in [5.74, 6) is -0.394. The summed E-state index contributed by atoms with van der Waals surface area (Å²) in [5.41, 5.74) is 3.71. The van der Waals surface area contributed by atoms with E-state index in [1.54, 1.807) is 0 Å². The van der Waals surface area contributed by atoms with E-state index in [-0.39, 0.29) is 23.0 Å². The molecular formula is C20H22F2N2O3. The lowest BCUT2D eigenvalue weighted by molar-refractivity contribution is -0.0512. The van der Waals surface area contributed by atoms with E-state index in [1.165, 1.54) is 36.6 Å². The maximum absolute atomic E-state index is 12.5. The van der Waals surface area contributed by atoms with Crippen molar-refractivity contribution in [3.63, 3.8) is 0 Å². The van der Waals surface area contributed by atoms with E-state index in [0.29, 0.717) is 6.54 Å². The van der Waals surface area contributed by atoms with E-state index in [1.807, 2.05) is 6.07 Å². The van der Waals surface area contributed by atoms with Crippen LogP contribution < -0.4 is 19.7 Å². The Hall–Kier alpha value is -2.83. The van der Waals surface area contributed by atoms with Crippen molar-refractivity contribution in [3.8, 4) is 11.5 Å². The van der Waals surface area contributed by atoms with Crippen LogP contribution in [0.15, 0.2) is 36.4 Å². The number of hydrogen-bond donors (Lipinski definition) is 1. The van der Waals surface area contributed by atoms with Crippen molar-refractivity contribution in [1.82, 2.24) is 5.32 Å². The van der Waals surface area contributed by atoms with Crippen molar-refractivity contribution in [2.75, 3.05) is 25.6 Å². The van der Waals surface area contributed by atoms with Gasteiger partial charge in [-0.3, -0.25) is 4.79 Å². The molecule has 2 aromatic rings. The van der Waals surface area contributed by atoms with Crippen molar-refractivity contribution in [2.45, 2.75) is 26.0 Å². The second-order valence-electron chi connectivity index (χ2n) is 6.41. The predicted octanol–water partition coefficient (Wildman–Crippen LogP) is 3.61. The van der Waals surface area contributed by atoms with Gasteiger partial charge in [0.05, 0.1) is 7.11 Å². The molecule has 0 saturated carbocycles. The molecule has 2 aromatic carbocycles. The highest BCUT2D eigenvalue weighted by Crippen LogP contribution is 2.30. The van der Waals surface area contributed by atoms with Crippen LogP contribution in [-0.4, -0.2) is 33.2 Å². The number of ether oxygens (including phenoxy) is 2.